The fourth-order valence-corrected chi connectivity index (χ4v) is 4.73. The Bertz CT molecular complexity index is 663. The number of benzene rings is 1. The molecule has 1 aromatic rings. The van der Waals surface area contributed by atoms with Crippen LogP contribution >= 0.6 is 11.8 Å². The first-order chi connectivity index (χ1) is 10.8. The Morgan fingerprint density at radius 1 is 1.39 bits per heavy atom. The second kappa shape index (κ2) is 5.97. The third-order valence-corrected chi connectivity index (χ3v) is 6.16. The molecule has 3 rings (SSSR count). The van der Waals surface area contributed by atoms with Crippen molar-refractivity contribution in [3.05, 3.63) is 41.2 Å². The maximum absolute atomic E-state index is 13.6. The van der Waals surface area contributed by atoms with Gasteiger partial charge in [-0.05, 0) is 55.4 Å². The molecule has 23 heavy (non-hydrogen) atoms. The highest BCUT2D eigenvalue weighted by Gasteiger charge is 2.60. The SMILES string of the molecule is CC(C)=CC1C(C(=O)NC2CCSc3ccc(F)cc32)C1(C)C. The Hall–Kier alpha value is -1.29. The van der Waals surface area contributed by atoms with Crippen molar-refractivity contribution < 1.29 is 9.18 Å². The van der Waals surface area contributed by atoms with Gasteiger partial charge in [0.1, 0.15) is 5.82 Å². The maximum atomic E-state index is 13.6. The number of carbonyl (C=O) groups excluding carboxylic acids is 1. The lowest BCUT2D eigenvalue weighted by Crippen LogP contribution is -2.33. The molecule has 2 nitrogen and oxygen atoms in total. The Labute approximate surface area is 141 Å². The highest BCUT2D eigenvalue weighted by atomic mass is 32.2. The zero-order chi connectivity index (χ0) is 16.8. The van der Waals surface area contributed by atoms with Gasteiger partial charge in [-0.15, -0.1) is 11.8 Å². The number of amides is 1. The van der Waals surface area contributed by atoms with Crippen LogP contribution in [-0.4, -0.2) is 11.7 Å². The van der Waals surface area contributed by atoms with Gasteiger partial charge in [-0.3, -0.25) is 4.79 Å². The quantitative estimate of drug-likeness (QED) is 0.811. The molecule has 1 N–H and O–H groups in total. The molecule has 124 valence electrons. The fraction of sp³-hybridized carbons (Fsp3) is 0.526. The minimum absolute atomic E-state index is 0.00946. The number of carbonyl (C=O) groups is 1. The zero-order valence-electron chi connectivity index (χ0n) is 14.2. The van der Waals surface area contributed by atoms with E-state index in [1.807, 2.05) is 6.07 Å². The molecule has 1 heterocycles. The summed E-state index contributed by atoms with van der Waals surface area (Å²) in [6.07, 6.45) is 3.06. The van der Waals surface area contributed by atoms with Gasteiger partial charge in [0.2, 0.25) is 5.91 Å². The Morgan fingerprint density at radius 2 is 2.13 bits per heavy atom. The van der Waals surface area contributed by atoms with E-state index in [1.165, 1.54) is 11.6 Å². The molecule has 1 amide bonds. The van der Waals surface area contributed by atoms with E-state index in [9.17, 15) is 9.18 Å². The maximum Gasteiger partial charge on any atom is 0.224 e. The number of rotatable bonds is 3. The Kier molecular flexibility index (Phi) is 4.30. The normalized spacial score (nSPS) is 27.8. The van der Waals surface area contributed by atoms with E-state index in [0.29, 0.717) is 5.92 Å². The number of nitrogens with one attached hydrogen (secondary N) is 1. The first-order valence-corrected chi connectivity index (χ1v) is 9.17. The number of halogens is 1. The number of fused-ring (bicyclic) bond motifs is 1. The van der Waals surface area contributed by atoms with Gasteiger partial charge in [-0.1, -0.05) is 25.5 Å². The van der Waals surface area contributed by atoms with E-state index < -0.39 is 0 Å². The van der Waals surface area contributed by atoms with E-state index in [-0.39, 0.29) is 29.1 Å². The van der Waals surface area contributed by atoms with Crippen molar-refractivity contribution in [3.8, 4) is 0 Å². The average molecular weight is 333 g/mol. The molecular weight excluding hydrogens is 309 g/mol. The lowest BCUT2D eigenvalue weighted by atomic mass is 10.0. The van der Waals surface area contributed by atoms with Gasteiger partial charge in [-0.2, -0.15) is 0 Å². The van der Waals surface area contributed by atoms with Gasteiger partial charge in [0.15, 0.2) is 0 Å². The monoisotopic (exact) mass is 333 g/mol. The molecule has 0 radical (unpaired) electrons. The van der Waals surface area contributed by atoms with Crippen LogP contribution in [0.4, 0.5) is 4.39 Å². The summed E-state index contributed by atoms with van der Waals surface area (Å²) in [5.74, 6) is 1.14. The molecule has 0 aromatic heterocycles. The molecule has 3 unspecified atom stereocenters. The van der Waals surface area contributed by atoms with Gasteiger partial charge in [0, 0.05) is 10.6 Å². The molecule has 1 aliphatic carbocycles. The first kappa shape index (κ1) is 16.6. The van der Waals surface area contributed by atoms with Crippen LogP contribution in [0.15, 0.2) is 34.7 Å². The van der Waals surface area contributed by atoms with E-state index in [2.05, 4.69) is 39.1 Å². The van der Waals surface area contributed by atoms with Crippen molar-refractivity contribution >= 4 is 17.7 Å². The average Bonchev–Trinajstić information content (AvgIpc) is 2.99. The van der Waals surface area contributed by atoms with Crippen molar-refractivity contribution in [1.29, 1.82) is 0 Å². The van der Waals surface area contributed by atoms with E-state index in [1.54, 1.807) is 17.8 Å². The number of hydrogen-bond donors (Lipinski definition) is 1. The summed E-state index contributed by atoms with van der Waals surface area (Å²) in [6, 6.07) is 4.81. The van der Waals surface area contributed by atoms with Crippen LogP contribution in [0.5, 0.6) is 0 Å². The van der Waals surface area contributed by atoms with Gasteiger partial charge in [-0.25, -0.2) is 4.39 Å². The highest BCUT2D eigenvalue weighted by Crippen LogP contribution is 2.59. The molecule has 1 saturated carbocycles. The van der Waals surface area contributed by atoms with Crippen LogP contribution in [-0.2, 0) is 4.79 Å². The summed E-state index contributed by atoms with van der Waals surface area (Å²) in [5, 5.41) is 3.17. The summed E-state index contributed by atoms with van der Waals surface area (Å²) in [6.45, 7) is 8.43. The molecular formula is C19H24FNOS. The fourth-order valence-electron chi connectivity index (χ4n) is 3.63. The Morgan fingerprint density at radius 3 is 2.83 bits per heavy atom. The van der Waals surface area contributed by atoms with Crippen LogP contribution in [0.1, 0.15) is 45.7 Å². The Balaban J connectivity index is 1.75. The molecule has 1 fully saturated rings. The molecule has 1 aromatic carbocycles. The van der Waals surface area contributed by atoms with E-state index in [0.717, 1.165) is 22.6 Å². The lowest BCUT2D eigenvalue weighted by molar-refractivity contribution is -0.123. The molecule has 4 heteroatoms. The summed E-state index contributed by atoms with van der Waals surface area (Å²) < 4.78 is 13.6. The third kappa shape index (κ3) is 3.18. The van der Waals surface area contributed by atoms with Gasteiger partial charge in [0.05, 0.1) is 12.0 Å². The summed E-state index contributed by atoms with van der Waals surface area (Å²) in [7, 11) is 0. The molecule has 3 atom stereocenters. The van der Waals surface area contributed by atoms with Crippen LogP contribution in [0.2, 0.25) is 0 Å². The third-order valence-electron chi connectivity index (χ3n) is 5.03. The first-order valence-electron chi connectivity index (χ1n) is 8.18. The van der Waals surface area contributed by atoms with E-state index >= 15 is 0 Å². The van der Waals surface area contributed by atoms with E-state index in [4.69, 9.17) is 0 Å². The largest absolute Gasteiger partial charge is 0.349 e. The van der Waals surface area contributed by atoms with Crippen LogP contribution in [0.25, 0.3) is 0 Å². The smallest absolute Gasteiger partial charge is 0.224 e. The van der Waals surface area contributed by atoms with Crippen molar-refractivity contribution in [2.24, 2.45) is 17.3 Å². The van der Waals surface area contributed by atoms with Gasteiger partial charge < -0.3 is 5.32 Å². The molecule has 0 spiro atoms. The molecule has 0 saturated heterocycles. The predicted octanol–water partition coefficient (Wildman–Crippen LogP) is 4.72. The summed E-state index contributed by atoms with van der Waals surface area (Å²) >= 11 is 1.73. The predicted molar refractivity (Wildman–Crippen MR) is 92.8 cm³/mol. The molecule has 2 aliphatic rings. The van der Waals surface area contributed by atoms with Crippen LogP contribution < -0.4 is 5.32 Å². The minimum atomic E-state index is -0.236. The molecule has 1 aliphatic heterocycles. The number of thioether (sulfide) groups is 1. The topological polar surface area (TPSA) is 29.1 Å². The second-order valence-corrected chi connectivity index (χ2v) is 8.59. The number of allylic oxidation sites excluding steroid dienone is 2. The lowest BCUT2D eigenvalue weighted by Gasteiger charge is -2.26. The minimum Gasteiger partial charge on any atom is -0.349 e. The van der Waals surface area contributed by atoms with Crippen molar-refractivity contribution in [2.75, 3.05) is 5.75 Å². The van der Waals surface area contributed by atoms with Crippen molar-refractivity contribution in [1.82, 2.24) is 5.32 Å². The van der Waals surface area contributed by atoms with Gasteiger partial charge >= 0.3 is 0 Å². The molecule has 0 bridgehead atoms. The van der Waals surface area contributed by atoms with Crippen LogP contribution in [0, 0.1) is 23.1 Å². The zero-order valence-corrected chi connectivity index (χ0v) is 15.0. The summed E-state index contributed by atoms with van der Waals surface area (Å²) in [5.41, 5.74) is 2.18. The van der Waals surface area contributed by atoms with Crippen LogP contribution in [0.3, 0.4) is 0 Å². The highest BCUT2D eigenvalue weighted by molar-refractivity contribution is 7.99. The number of hydrogen-bond acceptors (Lipinski definition) is 2. The second-order valence-electron chi connectivity index (χ2n) is 7.45. The van der Waals surface area contributed by atoms with Gasteiger partial charge in [0.25, 0.3) is 0 Å². The van der Waals surface area contributed by atoms with Crippen molar-refractivity contribution in [2.45, 2.75) is 45.1 Å². The van der Waals surface area contributed by atoms with Crippen molar-refractivity contribution in [3.63, 3.8) is 0 Å². The summed E-state index contributed by atoms with van der Waals surface area (Å²) in [4.78, 5) is 13.8. The standard InChI is InChI=1S/C19H24FNOS/c1-11(2)9-14-17(19(14,3)4)18(22)21-15-7-8-23-16-6-5-12(20)10-13(15)16/h5-6,9-10,14-15,17H,7-8H2,1-4H3,(H,21,22).